The minimum atomic E-state index is -0.627. The summed E-state index contributed by atoms with van der Waals surface area (Å²) in [6.45, 7) is 3.60. The summed E-state index contributed by atoms with van der Waals surface area (Å²) in [7, 11) is 0. The number of hydrogen-bond acceptors (Lipinski definition) is 8. The maximum atomic E-state index is 12.5. The number of aromatic nitrogens is 1. The Labute approximate surface area is 168 Å². The quantitative estimate of drug-likeness (QED) is 0.736. The number of rotatable bonds is 5. The normalized spacial score (nSPS) is 17.9. The fraction of sp³-hybridized carbons (Fsp3) is 0.381. The number of pyridine rings is 1. The molecular weight excluding hydrogens is 372 g/mol. The molecule has 29 heavy (non-hydrogen) atoms. The zero-order valence-electron chi connectivity index (χ0n) is 16.4. The van der Waals surface area contributed by atoms with Gasteiger partial charge in [0.1, 0.15) is 0 Å². The van der Waals surface area contributed by atoms with Crippen molar-refractivity contribution in [2.45, 2.75) is 32.6 Å². The molecule has 1 saturated heterocycles. The Kier molecular flexibility index (Phi) is 5.62. The van der Waals surface area contributed by atoms with Crippen LogP contribution < -0.4 is 5.43 Å². The van der Waals surface area contributed by atoms with Gasteiger partial charge in [0, 0.05) is 36.6 Å². The van der Waals surface area contributed by atoms with Gasteiger partial charge in [0.25, 0.3) is 0 Å². The number of ether oxygens (including phenoxy) is 1. The lowest BCUT2D eigenvalue weighted by atomic mass is 10.1. The Bertz CT molecular complexity index is 956. The molecule has 2 aromatic heterocycles. The molecule has 1 fully saturated rings. The molecule has 0 aliphatic carbocycles. The molecule has 0 radical (unpaired) electrons. The van der Waals surface area contributed by atoms with E-state index in [1.54, 1.807) is 25.4 Å². The van der Waals surface area contributed by atoms with E-state index >= 15 is 0 Å². The van der Waals surface area contributed by atoms with E-state index in [-0.39, 0.29) is 29.6 Å². The number of nitrogens with one attached hydrogen (secondary N) is 1. The van der Waals surface area contributed by atoms with E-state index in [2.05, 4.69) is 15.4 Å². The standard InChI is InChI=1S/C21H24N4O4/c1-2-28-21(27)17-18(26)16(12-14-13-23-19-15(14)8-7-9-22-19)29-20(17)24-25-10-5-3-4-6-11-25/h7-9,12-13,24,26H,2-6,10-11H2,1H3/b14-12+. The van der Waals surface area contributed by atoms with E-state index in [4.69, 9.17) is 9.15 Å². The van der Waals surface area contributed by atoms with Crippen LogP contribution in [-0.2, 0) is 4.74 Å². The van der Waals surface area contributed by atoms with Gasteiger partial charge in [0.2, 0.25) is 5.88 Å². The summed E-state index contributed by atoms with van der Waals surface area (Å²) < 4.78 is 11.0. The molecule has 0 aromatic carbocycles. The highest BCUT2D eigenvalue weighted by Crippen LogP contribution is 2.38. The van der Waals surface area contributed by atoms with Crippen LogP contribution in [0.25, 0.3) is 11.6 Å². The number of anilines is 1. The van der Waals surface area contributed by atoms with Crippen LogP contribution in [0, 0.1) is 0 Å². The van der Waals surface area contributed by atoms with Gasteiger partial charge in [0.05, 0.1) is 6.61 Å². The lowest BCUT2D eigenvalue weighted by molar-refractivity contribution is 0.0523. The van der Waals surface area contributed by atoms with Crippen LogP contribution in [0.2, 0.25) is 0 Å². The number of hydrogen-bond donors (Lipinski definition) is 2. The molecule has 2 aliphatic rings. The highest BCUT2D eigenvalue weighted by Gasteiger charge is 2.28. The van der Waals surface area contributed by atoms with Crippen molar-refractivity contribution in [2.75, 3.05) is 25.1 Å². The largest absolute Gasteiger partial charge is 0.504 e. The van der Waals surface area contributed by atoms with Crippen molar-refractivity contribution in [2.24, 2.45) is 4.99 Å². The molecule has 0 amide bonds. The molecule has 0 bridgehead atoms. The van der Waals surface area contributed by atoms with E-state index in [1.165, 1.54) is 12.8 Å². The van der Waals surface area contributed by atoms with Crippen LogP contribution in [-0.4, -0.2) is 47.0 Å². The SMILES string of the molecule is CCOC(=O)c1c(NN2CCCCCC2)oc(/C=C2\C=Nc3ncccc32)c1O. The number of hydrazine groups is 1. The van der Waals surface area contributed by atoms with E-state index in [1.807, 2.05) is 17.1 Å². The molecule has 2 aliphatic heterocycles. The number of carbonyl (C=O) groups is 1. The Balaban J connectivity index is 1.69. The lowest BCUT2D eigenvalue weighted by Gasteiger charge is -2.20. The third kappa shape index (κ3) is 4.02. The number of aromatic hydroxyl groups is 1. The first-order chi connectivity index (χ1) is 14.2. The van der Waals surface area contributed by atoms with Gasteiger partial charge >= 0.3 is 5.97 Å². The highest BCUT2D eigenvalue weighted by atomic mass is 16.5. The van der Waals surface area contributed by atoms with Crippen molar-refractivity contribution in [3.05, 3.63) is 35.2 Å². The van der Waals surface area contributed by atoms with Crippen molar-refractivity contribution in [3.8, 4) is 5.75 Å². The number of carbonyl (C=O) groups excluding carboxylic acids is 1. The summed E-state index contributed by atoms with van der Waals surface area (Å²) in [6, 6.07) is 3.71. The number of fused-ring (bicyclic) bond motifs is 1. The predicted molar refractivity (Wildman–Crippen MR) is 110 cm³/mol. The molecule has 152 valence electrons. The molecule has 0 unspecified atom stereocenters. The Hall–Kier alpha value is -3.13. The first-order valence-corrected chi connectivity index (χ1v) is 9.93. The molecule has 2 N–H and O–H groups in total. The third-order valence-electron chi connectivity index (χ3n) is 4.96. The fourth-order valence-corrected chi connectivity index (χ4v) is 3.52. The maximum absolute atomic E-state index is 12.5. The first-order valence-electron chi connectivity index (χ1n) is 9.93. The first kappa shape index (κ1) is 19.2. The zero-order valence-corrected chi connectivity index (χ0v) is 16.4. The Morgan fingerprint density at radius 2 is 2.14 bits per heavy atom. The van der Waals surface area contributed by atoms with Gasteiger partial charge in [-0.25, -0.2) is 19.8 Å². The minimum Gasteiger partial charge on any atom is -0.504 e. The van der Waals surface area contributed by atoms with Crippen molar-refractivity contribution >= 4 is 35.5 Å². The molecule has 0 saturated carbocycles. The van der Waals surface area contributed by atoms with Crippen LogP contribution in [0.15, 0.2) is 27.7 Å². The van der Waals surface area contributed by atoms with Crippen molar-refractivity contribution in [1.29, 1.82) is 0 Å². The third-order valence-corrected chi connectivity index (χ3v) is 4.96. The van der Waals surface area contributed by atoms with Crippen LogP contribution in [0.4, 0.5) is 11.7 Å². The second-order valence-corrected chi connectivity index (χ2v) is 6.99. The van der Waals surface area contributed by atoms with Gasteiger partial charge in [-0.1, -0.05) is 12.8 Å². The number of furan rings is 1. The molecule has 8 heteroatoms. The van der Waals surface area contributed by atoms with Crippen molar-refractivity contribution in [3.63, 3.8) is 0 Å². The predicted octanol–water partition coefficient (Wildman–Crippen LogP) is 4.02. The van der Waals surface area contributed by atoms with Crippen molar-refractivity contribution < 1.29 is 19.1 Å². The van der Waals surface area contributed by atoms with Gasteiger partial charge in [-0.15, -0.1) is 0 Å². The number of allylic oxidation sites excluding steroid dienone is 1. The summed E-state index contributed by atoms with van der Waals surface area (Å²) in [5, 5.41) is 12.8. The second kappa shape index (κ2) is 8.48. The van der Waals surface area contributed by atoms with E-state index < -0.39 is 5.97 Å². The maximum Gasteiger partial charge on any atom is 0.347 e. The van der Waals surface area contributed by atoms with Crippen LogP contribution in [0.5, 0.6) is 5.75 Å². The zero-order chi connectivity index (χ0) is 20.2. The molecule has 0 spiro atoms. The highest BCUT2D eigenvalue weighted by molar-refractivity contribution is 6.21. The average molecular weight is 396 g/mol. The van der Waals surface area contributed by atoms with Gasteiger partial charge in [-0.05, 0) is 38.0 Å². The van der Waals surface area contributed by atoms with Crippen molar-refractivity contribution in [1.82, 2.24) is 9.99 Å². The minimum absolute atomic E-state index is 0.00397. The van der Waals surface area contributed by atoms with Gasteiger partial charge in [-0.3, -0.25) is 5.43 Å². The summed E-state index contributed by atoms with van der Waals surface area (Å²) >= 11 is 0. The summed E-state index contributed by atoms with van der Waals surface area (Å²) in [5.41, 5.74) is 4.75. The Morgan fingerprint density at radius 3 is 2.90 bits per heavy atom. The molecule has 0 atom stereocenters. The van der Waals surface area contributed by atoms with Crippen LogP contribution in [0.3, 0.4) is 0 Å². The monoisotopic (exact) mass is 396 g/mol. The van der Waals surface area contributed by atoms with Gasteiger partial charge < -0.3 is 14.3 Å². The average Bonchev–Trinajstić information content (AvgIpc) is 3.13. The van der Waals surface area contributed by atoms with Crippen LogP contribution in [0.1, 0.15) is 54.3 Å². The molecular formula is C21H24N4O4. The number of esters is 1. The summed E-state index contributed by atoms with van der Waals surface area (Å²) in [6.07, 6.45) is 9.46. The second-order valence-electron chi connectivity index (χ2n) is 6.99. The number of nitrogens with zero attached hydrogens (tertiary/aromatic N) is 3. The molecule has 8 nitrogen and oxygen atoms in total. The van der Waals surface area contributed by atoms with Crippen LogP contribution >= 0.6 is 0 Å². The molecule has 2 aromatic rings. The summed E-state index contributed by atoms with van der Waals surface area (Å²) in [4.78, 5) is 21.0. The fourth-order valence-electron chi connectivity index (χ4n) is 3.52. The topological polar surface area (TPSA) is 100 Å². The Morgan fingerprint density at radius 1 is 1.34 bits per heavy atom. The van der Waals surface area contributed by atoms with E-state index in [0.29, 0.717) is 5.82 Å². The number of aliphatic imine (C=N–C) groups is 1. The van der Waals surface area contributed by atoms with Gasteiger partial charge in [0.15, 0.2) is 22.9 Å². The van der Waals surface area contributed by atoms with E-state index in [9.17, 15) is 9.90 Å². The van der Waals surface area contributed by atoms with Gasteiger partial charge in [-0.2, -0.15) is 0 Å². The van der Waals surface area contributed by atoms with E-state index in [0.717, 1.165) is 37.1 Å². The lowest BCUT2D eigenvalue weighted by Crippen LogP contribution is -2.31. The summed E-state index contributed by atoms with van der Waals surface area (Å²) in [5.74, 6) is 0.0924. The smallest absolute Gasteiger partial charge is 0.347 e. The molecule has 4 heterocycles. The molecule has 4 rings (SSSR count).